The van der Waals surface area contributed by atoms with Crippen LogP contribution in [-0.2, 0) is 0 Å². The minimum atomic E-state index is -0.901. The maximum Gasteiger partial charge on any atom is 0.332 e. The molecule has 0 saturated heterocycles. The number of fused-ring (bicyclic) bond motifs is 1. The van der Waals surface area contributed by atoms with Crippen LogP contribution >= 0.6 is 0 Å². The van der Waals surface area contributed by atoms with Gasteiger partial charge in [0.25, 0.3) is 5.91 Å². The summed E-state index contributed by atoms with van der Waals surface area (Å²) in [6.45, 7) is 0. The number of nitrogens with zero attached hydrogens (tertiary/aromatic N) is 3. The van der Waals surface area contributed by atoms with Crippen LogP contribution in [0.3, 0.4) is 0 Å². The number of imidazole rings is 1. The van der Waals surface area contributed by atoms with E-state index < -0.39 is 17.4 Å². The van der Waals surface area contributed by atoms with Gasteiger partial charge in [-0.05, 0) is 24.3 Å². The average Bonchev–Trinajstić information content (AvgIpc) is 3.02. The number of aromatic amines is 1. The maximum atomic E-state index is 14.6. The summed E-state index contributed by atoms with van der Waals surface area (Å²) in [6.07, 6.45) is 0. The third-order valence-corrected chi connectivity index (χ3v) is 4.27. The van der Waals surface area contributed by atoms with Crippen molar-refractivity contribution in [3.63, 3.8) is 0 Å². The lowest BCUT2D eigenvalue weighted by molar-refractivity contribution is 0.0997. The second kappa shape index (κ2) is 6.75. The van der Waals surface area contributed by atoms with Crippen LogP contribution < -0.4 is 16.2 Å². The summed E-state index contributed by atoms with van der Waals surface area (Å²) in [5.74, 6) is -1.37. The topological polar surface area (TPSA) is 136 Å². The molecule has 0 spiro atoms. The first kappa shape index (κ1) is 18.2. The molecular weight excluding hydrogens is 381 g/mol. The number of aromatic hydroxyl groups is 1. The SMILES string of the molecule is COc1ccc(-n2c(=O)[nH]c3c(C(N)=O)nc(-c4cccc(O)c4)nc32)c(F)c1. The number of rotatable bonds is 4. The van der Waals surface area contributed by atoms with E-state index in [0.29, 0.717) is 5.56 Å². The van der Waals surface area contributed by atoms with Crippen LogP contribution in [0.2, 0.25) is 0 Å². The maximum absolute atomic E-state index is 14.6. The molecule has 0 aliphatic carbocycles. The van der Waals surface area contributed by atoms with Gasteiger partial charge in [-0.15, -0.1) is 0 Å². The molecular formula is C19H14FN5O4. The molecule has 146 valence electrons. The molecule has 0 bridgehead atoms. The lowest BCUT2D eigenvalue weighted by Crippen LogP contribution is -2.16. The highest BCUT2D eigenvalue weighted by atomic mass is 19.1. The van der Waals surface area contributed by atoms with Gasteiger partial charge in [0.05, 0.1) is 12.8 Å². The highest BCUT2D eigenvalue weighted by Gasteiger charge is 2.21. The fourth-order valence-electron chi connectivity index (χ4n) is 2.96. The fourth-order valence-corrected chi connectivity index (χ4v) is 2.96. The van der Waals surface area contributed by atoms with Crippen molar-refractivity contribution in [1.29, 1.82) is 0 Å². The number of nitrogens with one attached hydrogen (secondary N) is 1. The molecule has 4 aromatic rings. The minimum Gasteiger partial charge on any atom is -0.508 e. The van der Waals surface area contributed by atoms with E-state index in [9.17, 15) is 19.1 Å². The predicted molar refractivity (Wildman–Crippen MR) is 102 cm³/mol. The Balaban J connectivity index is 2.05. The van der Waals surface area contributed by atoms with Crippen molar-refractivity contribution in [3.05, 3.63) is 64.5 Å². The van der Waals surface area contributed by atoms with Crippen LogP contribution in [0.25, 0.3) is 28.2 Å². The molecule has 0 radical (unpaired) electrons. The van der Waals surface area contributed by atoms with Crippen molar-refractivity contribution < 1.29 is 19.0 Å². The van der Waals surface area contributed by atoms with Crippen molar-refractivity contribution in [1.82, 2.24) is 19.5 Å². The molecule has 0 atom stereocenters. The first-order valence-corrected chi connectivity index (χ1v) is 8.35. The van der Waals surface area contributed by atoms with Crippen molar-refractivity contribution in [2.24, 2.45) is 5.73 Å². The number of ether oxygens (including phenoxy) is 1. The molecule has 2 aromatic heterocycles. The Kier molecular flexibility index (Phi) is 4.23. The Hall–Kier alpha value is -4.21. The van der Waals surface area contributed by atoms with E-state index in [1.54, 1.807) is 12.1 Å². The lowest BCUT2D eigenvalue weighted by Gasteiger charge is -2.08. The number of primary amides is 1. The molecule has 0 aliphatic heterocycles. The van der Waals surface area contributed by atoms with Crippen molar-refractivity contribution in [3.8, 4) is 28.6 Å². The normalized spacial score (nSPS) is 11.0. The number of methoxy groups -OCH3 is 1. The summed E-state index contributed by atoms with van der Waals surface area (Å²) in [5.41, 5.74) is 4.67. The summed E-state index contributed by atoms with van der Waals surface area (Å²) in [6, 6.07) is 9.96. The van der Waals surface area contributed by atoms with Gasteiger partial charge in [0.1, 0.15) is 17.0 Å². The van der Waals surface area contributed by atoms with Crippen LogP contribution in [0.1, 0.15) is 10.5 Å². The van der Waals surface area contributed by atoms with Crippen molar-refractivity contribution in [2.75, 3.05) is 7.11 Å². The number of amides is 1. The number of H-pyrrole nitrogens is 1. The Morgan fingerprint density at radius 1 is 1.24 bits per heavy atom. The van der Waals surface area contributed by atoms with E-state index >= 15 is 0 Å². The van der Waals surface area contributed by atoms with E-state index in [2.05, 4.69) is 15.0 Å². The van der Waals surface area contributed by atoms with E-state index in [1.165, 1.54) is 31.4 Å². The first-order chi connectivity index (χ1) is 13.9. The zero-order valence-electron chi connectivity index (χ0n) is 15.0. The molecule has 4 rings (SSSR count). The Bertz CT molecular complexity index is 1330. The fraction of sp³-hybridized carbons (Fsp3) is 0.0526. The standard InChI is InChI=1S/C19H14FN5O4/c1-29-11-5-6-13(12(20)8-11)25-18-15(23-19(25)28)14(16(21)27)22-17(24-18)9-3-2-4-10(26)7-9/h2-8,26H,1H3,(H2,21,27)(H,23,28). The smallest absolute Gasteiger partial charge is 0.332 e. The number of hydrogen-bond acceptors (Lipinski definition) is 6. The molecule has 9 nitrogen and oxygen atoms in total. The van der Waals surface area contributed by atoms with Gasteiger partial charge in [-0.25, -0.2) is 23.7 Å². The number of carbonyl (C=O) groups excluding carboxylic acids is 1. The van der Waals surface area contributed by atoms with Crippen LogP contribution in [0, 0.1) is 5.82 Å². The third kappa shape index (κ3) is 3.06. The van der Waals surface area contributed by atoms with Gasteiger partial charge in [-0.2, -0.15) is 0 Å². The molecule has 0 unspecified atom stereocenters. The third-order valence-electron chi connectivity index (χ3n) is 4.27. The van der Waals surface area contributed by atoms with E-state index in [0.717, 1.165) is 10.6 Å². The lowest BCUT2D eigenvalue weighted by atomic mass is 10.2. The van der Waals surface area contributed by atoms with Gasteiger partial charge >= 0.3 is 5.69 Å². The number of halogens is 1. The molecule has 10 heteroatoms. The highest BCUT2D eigenvalue weighted by Crippen LogP contribution is 2.26. The molecule has 4 N–H and O–H groups in total. The molecule has 2 aromatic carbocycles. The number of hydrogen-bond donors (Lipinski definition) is 3. The monoisotopic (exact) mass is 395 g/mol. The average molecular weight is 395 g/mol. The van der Waals surface area contributed by atoms with Gasteiger partial charge in [0.2, 0.25) is 0 Å². The van der Waals surface area contributed by atoms with Crippen LogP contribution in [-0.4, -0.2) is 37.6 Å². The van der Waals surface area contributed by atoms with E-state index in [1.807, 2.05) is 0 Å². The van der Waals surface area contributed by atoms with E-state index in [-0.39, 0.29) is 39.9 Å². The summed E-state index contributed by atoms with van der Waals surface area (Å²) in [7, 11) is 1.39. The zero-order valence-corrected chi connectivity index (χ0v) is 15.0. The minimum absolute atomic E-state index is 0.0263. The summed E-state index contributed by atoms with van der Waals surface area (Å²) < 4.78 is 20.6. The molecule has 0 saturated carbocycles. The number of phenols is 1. The van der Waals surface area contributed by atoms with Crippen molar-refractivity contribution in [2.45, 2.75) is 0 Å². The van der Waals surface area contributed by atoms with Crippen molar-refractivity contribution >= 4 is 17.1 Å². The number of benzene rings is 2. The van der Waals surface area contributed by atoms with Crippen LogP contribution in [0.4, 0.5) is 4.39 Å². The van der Waals surface area contributed by atoms with Gasteiger partial charge in [-0.1, -0.05) is 12.1 Å². The van der Waals surface area contributed by atoms with E-state index in [4.69, 9.17) is 10.5 Å². The van der Waals surface area contributed by atoms with Crippen LogP contribution in [0.15, 0.2) is 47.3 Å². The predicted octanol–water partition coefficient (Wildman–Crippen LogP) is 1.73. The number of aromatic nitrogens is 4. The highest BCUT2D eigenvalue weighted by molar-refractivity contribution is 6.02. The van der Waals surface area contributed by atoms with Gasteiger partial charge in [-0.3, -0.25) is 4.79 Å². The Labute approximate surface area is 162 Å². The molecule has 1 amide bonds. The quantitative estimate of drug-likeness (QED) is 0.481. The Morgan fingerprint density at radius 3 is 2.69 bits per heavy atom. The summed E-state index contributed by atoms with van der Waals surface area (Å²) >= 11 is 0. The number of nitrogens with two attached hydrogens (primary N) is 1. The molecule has 2 heterocycles. The zero-order chi connectivity index (χ0) is 20.7. The molecule has 0 aliphatic rings. The van der Waals surface area contributed by atoms with Crippen LogP contribution in [0.5, 0.6) is 11.5 Å². The number of carbonyl (C=O) groups is 1. The van der Waals surface area contributed by atoms with Gasteiger partial charge in [0.15, 0.2) is 23.0 Å². The Morgan fingerprint density at radius 2 is 2.03 bits per heavy atom. The number of phenolic OH excluding ortho intramolecular Hbond substituents is 1. The summed E-state index contributed by atoms with van der Waals surface area (Å²) in [5, 5.41) is 9.72. The summed E-state index contributed by atoms with van der Waals surface area (Å²) in [4.78, 5) is 35.4. The van der Waals surface area contributed by atoms with Gasteiger partial charge < -0.3 is 20.6 Å². The second-order valence-electron chi connectivity index (χ2n) is 6.09. The second-order valence-corrected chi connectivity index (χ2v) is 6.09. The van der Waals surface area contributed by atoms with Gasteiger partial charge in [0, 0.05) is 11.6 Å². The first-order valence-electron chi connectivity index (χ1n) is 8.35. The largest absolute Gasteiger partial charge is 0.508 e. The molecule has 0 fully saturated rings. The molecule has 29 heavy (non-hydrogen) atoms.